The van der Waals surface area contributed by atoms with E-state index >= 15 is 0 Å². The Morgan fingerprint density at radius 1 is 0.943 bits per heavy atom. The number of nitrogens with one attached hydrogen (secondary N) is 3. The molecule has 3 amide bonds. The van der Waals surface area contributed by atoms with Crippen molar-refractivity contribution < 1.29 is 64.1 Å². The molecule has 1 aromatic carbocycles. The van der Waals surface area contributed by atoms with E-state index in [4.69, 9.17) is 9.47 Å². The minimum atomic E-state index is -3.84. The molecule has 18 heteroatoms. The fourth-order valence-corrected chi connectivity index (χ4v) is 7.56. The van der Waals surface area contributed by atoms with Crippen LogP contribution in [0, 0.1) is 11.8 Å². The maximum Gasteiger partial charge on any atom is 0.308 e. The van der Waals surface area contributed by atoms with Crippen molar-refractivity contribution in [2.24, 2.45) is 11.8 Å². The zero-order chi connectivity index (χ0) is 40.3. The predicted octanol–water partition coefficient (Wildman–Crippen LogP) is -1.02. The van der Waals surface area contributed by atoms with Crippen molar-refractivity contribution in [1.29, 1.82) is 0 Å². The second-order valence-corrected chi connectivity index (χ2v) is 15.1. The van der Waals surface area contributed by atoms with Crippen LogP contribution in [0.5, 0.6) is 5.75 Å². The number of rotatable bonds is 8. The fourth-order valence-electron chi connectivity index (χ4n) is 7.56. The van der Waals surface area contributed by atoms with Crippen molar-refractivity contribution in [2.75, 3.05) is 45.0 Å². The molecule has 0 unspecified atom stereocenters. The van der Waals surface area contributed by atoms with Gasteiger partial charge in [0.05, 0.1) is 23.8 Å². The average molecular weight is 748 g/mol. The summed E-state index contributed by atoms with van der Waals surface area (Å²) in [6.45, 7) is 8.30. The molecule has 9 N–H and O–H groups in total. The van der Waals surface area contributed by atoms with Gasteiger partial charge >= 0.3 is 11.9 Å². The van der Waals surface area contributed by atoms with Gasteiger partial charge in [0.25, 0.3) is 5.91 Å². The number of carbonyl (C=O) groups excluding carboxylic acids is 5. The Balaban J connectivity index is 2.06. The van der Waals surface area contributed by atoms with Crippen LogP contribution in [-0.2, 0) is 40.9 Å². The van der Waals surface area contributed by atoms with E-state index in [9.17, 15) is 54.6 Å². The quantitative estimate of drug-likeness (QED) is 0.0875. The molecule has 53 heavy (non-hydrogen) atoms. The van der Waals surface area contributed by atoms with E-state index in [1.807, 2.05) is 26.1 Å². The van der Waals surface area contributed by atoms with Gasteiger partial charge in [-0.2, -0.15) is 0 Å². The van der Waals surface area contributed by atoms with E-state index in [0.717, 1.165) is 20.8 Å². The molecule has 4 rings (SSSR count). The lowest BCUT2D eigenvalue weighted by Gasteiger charge is -2.57. The Kier molecular flexibility index (Phi) is 11.0. The summed E-state index contributed by atoms with van der Waals surface area (Å²) in [6, 6.07) is 0.123. The molecule has 0 aliphatic heterocycles. The van der Waals surface area contributed by atoms with Gasteiger partial charge in [-0.3, -0.25) is 34.2 Å². The number of nitrogens with zero attached hydrogens (tertiary/aromatic N) is 2. The van der Waals surface area contributed by atoms with Crippen LogP contribution >= 0.6 is 0 Å². The summed E-state index contributed by atoms with van der Waals surface area (Å²) in [6.07, 6.45) is -0.469. The molecule has 0 radical (unpaired) electrons. The Labute approximate surface area is 306 Å². The molecular formula is C35H49N5O13. The van der Waals surface area contributed by atoms with Crippen LogP contribution < -0.4 is 25.6 Å². The smallest absolute Gasteiger partial charge is 0.308 e. The fraction of sp³-hybridized carbons (Fsp3) is 0.571. The molecule has 18 nitrogen and oxygen atoms in total. The molecule has 1 aromatic rings. The number of aliphatic hydroxyl groups is 6. The zero-order valence-corrected chi connectivity index (χ0v) is 31.4. The summed E-state index contributed by atoms with van der Waals surface area (Å²) in [5.74, 6) is -17.2. The Bertz CT molecular complexity index is 1810. The van der Waals surface area contributed by atoms with Crippen LogP contribution in [0.4, 0.5) is 11.4 Å². The summed E-state index contributed by atoms with van der Waals surface area (Å²) in [4.78, 5) is 66.3. The van der Waals surface area contributed by atoms with Gasteiger partial charge in [-0.15, -0.1) is 0 Å². The number of likely N-dealkylation sites (N-methyl/N-ethyl adjacent to an activating group) is 1. The summed E-state index contributed by atoms with van der Waals surface area (Å²) in [5, 5.41) is 80.0. The molecular weight excluding hydrogens is 698 g/mol. The lowest BCUT2D eigenvalue weighted by Crippen LogP contribution is -2.72. The Hall–Kier alpha value is -4.43. The number of hydrogen-bond donors (Lipinski definition) is 9. The number of imide groups is 1. The van der Waals surface area contributed by atoms with Crippen LogP contribution in [0.1, 0.15) is 59.1 Å². The predicted molar refractivity (Wildman–Crippen MR) is 187 cm³/mol. The van der Waals surface area contributed by atoms with Crippen LogP contribution in [0.3, 0.4) is 0 Å². The van der Waals surface area contributed by atoms with Gasteiger partial charge in [0, 0.05) is 57.6 Å². The highest BCUT2D eigenvalue weighted by Crippen LogP contribution is 2.61. The van der Waals surface area contributed by atoms with Crippen molar-refractivity contribution in [2.45, 2.75) is 83.1 Å². The standard InChI is InChI=1S/C35H49N5O13/c1-15(41)37-31(46)26-29(53-17(3)43)27(40(9)10)20-12-18-11-19-22(39(7)8)13-21(38-23(44)14-36-32(4,5)6)28(52-16(2)42)25(19)34(48,49)24(18)30(45)33(20,47)35(26,50)51/h13,18,20,27,36,45,47-51H,11-12,14H2,1-10H3,(H,38,44)(H,37,41,46)/t18-,20-,27-,33-/m0/s1. The van der Waals surface area contributed by atoms with Crippen LogP contribution in [0.15, 0.2) is 28.7 Å². The molecule has 3 aliphatic rings. The molecule has 0 aromatic heterocycles. The first-order valence-electron chi connectivity index (χ1n) is 16.8. The zero-order valence-electron chi connectivity index (χ0n) is 31.4. The molecule has 292 valence electrons. The second kappa shape index (κ2) is 14.1. The van der Waals surface area contributed by atoms with Gasteiger partial charge < -0.3 is 55.6 Å². The third-order valence-electron chi connectivity index (χ3n) is 9.52. The second-order valence-electron chi connectivity index (χ2n) is 15.1. The minimum Gasteiger partial charge on any atom is -0.509 e. The number of esters is 2. The number of aliphatic hydroxyl groups excluding tert-OH is 1. The summed E-state index contributed by atoms with van der Waals surface area (Å²) in [5.41, 5.74) is -5.80. The maximum atomic E-state index is 13.4. The molecule has 0 saturated heterocycles. The van der Waals surface area contributed by atoms with Gasteiger partial charge in [0.15, 0.2) is 11.4 Å². The molecule has 4 atom stereocenters. The molecule has 0 heterocycles. The number of fused-ring (bicyclic) bond motifs is 3. The molecule has 0 fully saturated rings. The highest BCUT2D eigenvalue weighted by atomic mass is 16.6. The first kappa shape index (κ1) is 41.3. The molecule has 0 spiro atoms. The van der Waals surface area contributed by atoms with Gasteiger partial charge in [-0.05, 0) is 65.3 Å². The first-order valence-corrected chi connectivity index (χ1v) is 16.8. The number of carbonyl (C=O) groups is 5. The van der Waals surface area contributed by atoms with Crippen molar-refractivity contribution >= 4 is 41.0 Å². The Morgan fingerprint density at radius 3 is 2.02 bits per heavy atom. The average Bonchev–Trinajstić information content (AvgIpc) is 2.96. The number of hydrogen-bond acceptors (Lipinski definition) is 16. The topological polar surface area (TPSA) is 268 Å². The highest BCUT2D eigenvalue weighted by Gasteiger charge is 2.71. The maximum absolute atomic E-state index is 13.4. The number of amides is 3. The Morgan fingerprint density at radius 2 is 1.53 bits per heavy atom. The number of ether oxygens (including phenoxy) is 2. The molecule has 3 aliphatic carbocycles. The molecule has 0 saturated carbocycles. The summed E-state index contributed by atoms with van der Waals surface area (Å²) >= 11 is 0. The normalized spacial score (nSPS) is 24.4. The monoisotopic (exact) mass is 747 g/mol. The van der Waals surface area contributed by atoms with E-state index in [2.05, 4.69) is 10.6 Å². The van der Waals surface area contributed by atoms with E-state index in [-0.39, 0.29) is 30.6 Å². The van der Waals surface area contributed by atoms with Gasteiger partial charge in [-0.1, -0.05) is 0 Å². The lowest BCUT2D eigenvalue weighted by atomic mass is 9.56. The number of benzene rings is 1. The van der Waals surface area contributed by atoms with Gasteiger partial charge in [-0.25, -0.2) is 0 Å². The van der Waals surface area contributed by atoms with Crippen LogP contribution in [0.2, 0.25) is 0 Å². The van der Waals surface area contributed by atoms with Crippen molar-refractivity contribution in [3.8, 4) is 5.75 Å². The number of anilines is 2. The first-order chi connectivity index (χ1) is 24.2. The lowest BCUT2D eigenvalue weighted by molar-refractivity contribution is -0.286. The minimum absolute atomic E-state index is 0.125. The SMILES string of the molecule is CC(=O)NC(=O)C1=C(OC(C)=O)[C@@H](N(C)C)[C@@H]2C[C@@H]3Cc4c(N(C)C)cc(NC(=O)CNC(C)(C)C)c(OC(C)=O)c4C(O)(O)C3=C(O)[C@]2(O)C1(O)O. The van der Waals surface area contributed by atoms with Gasteiger partial charge in [0.2, 0.25) is 23.4 Å². The molecule has 0 bridgehead atoms. The summed E-state index contributed by atoms with van der Waals surface area (Å²) < 4.78 is 10.9. The van der Waals surface area contributed by atoms with E-state index in [1.54, 1.807) is 19.0 Å². The van der Waals surface area contributed by atoms with E-state index in [1.165, 1.54) is 25.1 Å². The van der Waals surface area contributed by atoms with Crippen molar-refractivity contribution in [3.05, 3.63) is 39.9 Å². The third-order valence-corrected chi connectivity index (χ3v) is 9.52. The van der Waals surface area contributed by atoms with Crippen molar-refractivity contribution in [1.82, 2.24) is 15.5 Å². The van der Waals surface area contributed by atoms with Gasteiger partial charge in [0.1, 0.15) is 17.1 Å². The largest absolute Gasteiger partial charge is 0.509 e. The van der Waals surface area contributed by atoms with Crippen LogP contribution in [-0.4, -0.2) is 123 Å². The van der Waals surface area contributed by atoms with Crippen molar-refractivity contribution in [3.63, 3.8) is 0 Å². The summed E-state index contributed by atoms with van der Waals surface area (Å²) in [7, 11) is 6.22. The van der Waals surface area contributed by atoms with E-state index < -0.39 is 104 Å². The van der Waals surface area contributed by atoms with E-state index in [0.29, 0.717) is 5.69 Å². The van der Waals surface area contributed by atoms with Crippen LogP contribution in [0.25, 0.3) is 0 Å². The third kappa shape index (κ3) is 7.27. The highest BCUT2D eigenvalue weighted by molar-refractivity contribution is 6.05.